The molecule has 0 aliphatic carbocycles. The number of hydrogen-bond acceptors (Lipinski definition) is 16. The lowest BCUT2D eigenvalue weighted by atomic mass is 9.98. The number of aliphatic hydroxyl groups excluding tert-OH is 1. The molecule has 2 aliphatic rings. The van der Waals surface area contributed by atoms with Crippen molar-refractivity contribution in [2.45, 2.75) is 96.9 Å². The molecule has 2 heterocycles. The van der Waals surface area contributed by atoms with E-state index in [1.54, 1.807) is 0 Å². The highest BCUT2D eigenvalue weighted by Gasteiger charge is 2.56. The molecule has 0 bridgehead atoms. The van der Waals surface area contributed by atoms with Crippen LogP contribution in [0.5, 0.6) is 0 Å². The van der Waals surface area contributed by atoms with Crippen molar-refractivity contribution in [3.05, 3.63) is 0 Å². The van der Waals surface area contributed by atoms with Crippen LogP contribution in [0, 0.1) is 0 Å². The van der Waals surface area contributed by atoms with E-state index in [1.165, 1.54) is 0 Å². The molecule has 0 unspecified atom stereocenters. The van der Waals surface area contributed by atoms with Gasteiger partial charge in [0.05, 0.1) is 0 Å². The van der Waals surface area contributed by atoms with Gasteiger partial charge in [0.25, 0.3) is 0 Å². The Labute approximate surface area is 223 Å². The van der Waals surface area contributed by atoms with E-state index in [-0.39, 0.29) is 0 Å². The number of aliphatic hydroxyl groups is 1. The van der Waals surface area contributed by atoms with Gasteiger partial charge in [0, 0.05) is 41.5 Å². The molecule has 0 radical (unpaired) electrons. The summed E-state index contributed by atoms with van der Waals surface area (Å²) in [6.07, 6.45) is -13.3. The number of carbonyl (C=O) groups excluding carboxylic acids is 6. The molecule has 2 saturated heterocycles. The molecule has 16 heteroatoms. The lowest BCUT2D eigenvalue weighted by Gasteiger charge is -2.44. The van der Waals surface area contributed by atoms with Gasteiger partial charge in [-0.25, -0.2) is 0 Å². The summed E-state index contributed by atoms with van der Waals surface area (Å²) in [5.41, 5.74) is 0. The van der Waals surface area contributed by atoms with Crippen molar-refractivity contribution in [3.8, 4) is 0 Å². The summed E-state index contributed by atoms with van der Waals surface area (Å²) in [6, 6.07) is 0. The Bertz CT molecular complexity index is 933. The highest BCUT2D eigenvalue weighted by Crippen LogP contribution is 2.34. The van der Waals surface area contributed by atoms with Crippen molar-refractivity contribution in [2.75, 3.05) is 13.2 Å². The van der Waals surface area contributed by atoms with Crippen molar-refractivity contribution < 1.29 is 76.5 Å². The van der Waals surface area contributed by atoms with Crippen LogP contribution in [0.3, 0.4) is 0 Å². The second-order valence-corrected chi connectivity index (χ2v) is 8.61. The monoisotopic (exact) mass is 564 g/mol. The third kappa shape index (κ3) is 9.42. The largest absolute Gasteiger partial charge is 0.463 e. The van der Waals surface area contributed by atoms with Gasteiger partial charge in [-0.15, -0.1) is 0 Å². The average Bonchev–Trinajstić information content (AvgIpc) is 3.09. The summed E-state index contributed by atoms with van der Waals surface area (Å²) in [4.78, 5) is 70.2. The van der Waals surface area contributed by atoms with Gasteiger partial charge in [-0.3, -0.25) is 28.8 Å². The lowest BCUT2D eigenvalue weighted by Crippen LogP contribution is -2.63. The Kier molecular flexibility index (Phi) is 11.6. The summed E-state index contributed by atoms with van der Waals surface area (Å²) in [6.45, 7) is 5.55. The van der Waals surface area contributed by atoms with E-state index in [9.17, 15) is 33.9 Å². The number of carbonyl (C=O) groups is 6. The van der Waals surface area contributed by atoms with Gasteiger partial charge >= 0.3 is 35.8 Å². The van der Waals surface area contributed by atoms with Gasteiger partial charge in [-0.05, 0) is 0 Å². The molecular weight excluding hydrogens is 532 g/mol. The molecular formula is C23H32O16. The third-order valence-electron chi connectivity index (χ3n) is 5.28. The predicted octanol–water partition coefficient (Wildman–Crippen LogP) is -1.33. The van der Waals surface area contributed by atoms with Crippen LogP contribution in [0.25, 0.3) is 0 Å². The van der Waals surface area contributed by atoms with Gasteiger partial charge in [-0.1, -0.05) is 0 Å². The van der Waals surface area contributed by atoms with Crippen molar-refractivity contribution in [2.24, 2.45) is 0 Å². The molecule has 220 valence electrons. The highest BCUT2D eigenvalue weighted by atomic mass is 16.8. The van der Waals surface area contributed by atoms with E-state index in [2.05, 4.69) is 0 Å². The lowest BCUT2D eigenvalue weighted by molar-refractivity contribution is -0.324. The van der Waals surface area contributed by atoms with E-state index < -0.39 is 104 Å². The standard InChI is InChI=1S/C23H32O16/c1-9(24)31-7-15-17(19(34-12(4)27)20(22(30)37-15)35-13(5)28)39-23-21(36-14(6)29)18(33-11(3)26)16(38-23)8-32-10(2)25/h15-23,30H,7-8H2,1-6H3/t15-,16-,17-,18-,19+,20-,21+,22+,23+/m1/s1. The van der Waals surface area contributed by atoms with Crippen LogP contribution in [-0.4, -0.2) is 109 Å². The van der Waals surface area contributed by atoms with Gasteiger partial charge < -0.3 is 47.7 Å². The van der Waals surface area contributed by atoms with Crippen LogP contribution in [0.2, 0.25) is 0 Å². The maximum Gasteiger partial charge on any atom is 0.303 e. The first kappa shape index (κ1) is 31.9. The summed E-state index contributed by atoms with van der Waals surface area (Å²) >= 11 is 0. The van der Waals surface area contributed by atoms with E-state index >= 15 is 0 Å². The first-order valence-corrected chi connectivity index (χ1v) is 11.8. The van der Waals surface area contributed by atoms with Gasteiger partial charge in [0.2, 0.25) is 0 Å². The molecule has 0 aromatic heterocycles. The molecule has 0 amide bonds. The van der Waals surface area contributed by atoms with Crippen LogP contribution in [0.15, 0.2) is 0 Å². The van der Waals surface area contributed by atoms with Gasteiger partial charge in [0.1, 0.15) is 31.5 Å². The Morgan fingerprint density at radius 3 is 1.41 bits per heavy atom. The zero-order chi connectivity index (χ0) is 29.4. The van der Waals surface area contributed by atoms with E-state index in [1.807, 2.05) is 0 Å². The van der Waals surface area contributed by atoms with E-state index in [0.717, 1.165) is 41.5 Å². The van der Waals surface area contributed by atoms with Crippen molar-refractivity contribution in [1.82, 2.24) is 0 Å². The molecule has 0 aromatic carbocycles. The normalized spacial score (nSPS) is 31.9. The number of rotatable bonds is 10. The van der Waals surface area contributed by atoms with Crippen LogP contribution >= 0.6 is 0 Å². The molecule has 2 aliphatic heterocycles. The molecule has 39 heavy (non-hydrogen) atoms. The van der Waals surface area contributed by atoms with Crippen LogP contribution in [0.4, 0.5) is 0 Å². The van der Waals surface area contributed by atoms with Crippen molar-refractivity contribution >= 4 is 35.8 Å². The second-order valence-electron chi connectivity index (χ2n) is 8.61. The molecule has 0 aromatic rings. The van der Waals surface area contributed by atoms with E-state index in [4.69, 9.17) is 42.6 Å². The molecule has 0 saturated carbocycles. The average molecular weight is 564 g/mol. The zero-order valence-electron chi connectivity index (χ0n) is 22.2. The van der Waals surface area contributed by atoms with Crippen molar-refractivity contribution in [3.63, 3.8) is 0 Å². The Morgan fingerprint density at radius 1 is 0.538 bits per heavy atom. The van der Waals surface area contributed by atoms with Crippen LogP contribution in [-0.2, 0) is 71.4 Å². The fourth-order valence-corrected chi connectivity index (χ4v) is 3.98. The number of hydrogen-bond donors (Lipinski definition) is 1. The second kappa shape index (κ2) is 14.2. The summed E-state index contributed by atoms with van der Waals surface area (Å²) in [5, 5.41) is 10.5. The molecule has 2 rings (SSSR count). The fourth-order valence-electron chi connectivity index (χ4n) is 3.98. The fraction of sp³-hybridized carbons (Fsp3) is 0.739. The third-order valence-corrected chi connectivity index (χ3v) is 5.28. The zero-order valence-corrected chi connectivity index (χ0v) is 22.2. The predicted molar refractivity (Wildman–Crippen MR) is 120 cm³/mol. The van der Waals surface area contributed by atoms with Crippen molar-refractivity contribution in [1.29, 1.82) is 0 Å². The highest BCUT2D eigenvalue weighted by molar-refractivity contribution is 5.68. The number of esters is 6. The van der Waals surface area contributed by atoms with Crippen LogP contribution < -0.4 is 0 Å². The molecule has 9 atom stereocenters. The smallest absolute Gasteiger partial charge is 0.303 e. The quantitative estimate of drug-likeness (QED) is 0.241. The summed E-state index contributed by atoms with van der Waals surface area (Å²) in [7, 11) is 0. The SMILES string of the molecule is CC(=O)OC[C@H]1O[C@H](O)[C@H](OC(C)=O)[C@@H](OC(C)=O)[C@@H]1O[C@@H]1O[C@H](COC(C)=O)[C@@H](OC(C)=O)[C@@H]1OC(C)=O. The molecule has 0 spiro atoms. The minimum absolute atomic E-state index is 0.425. The Hall–Kier alpha value is -3.34. The minimum atomic E-state index is -1.84. The molecule has 2 fully saturated rings. The Balaban J connectivity index is 2.49. The topological polar surface area (TPSA) is 206 Å². The van der Waals surface area contributed by atoms with Crippen LogP contribution in [0.1, 0.15) is 41.5 Å². The van der Waals surface area contributed by atoms with E-state index in [0.29, 0.717) is 0 Å². The summed E-state index contributed by atoms with van der Waals surface area (Å²) < 4.78 is 48.2. The molecule has 1 N–H and O–H groups in total. The molecule has 16 nitrogen and oxygen atoms in total. The van der Waals surface area contributed by atoms with Gasteiger partial charge in [0.15, 0.2) is 37.0 Å². The first-order chi connectivity index (χ1) is 18.2. The Morgan fingerprint density at radius 2 is 0.949 bits per heavy atom. The minimum Gasteiger partial charge on any atom is -0.463 e. The summed E-state index contributed by atoms with van der Waals surface area (Å²) in [5.74, 6) is -4.71. The maximum atomic E-state index is 12.0. The maximum absolute atomic E-state index is 12.0. The van der Waals surface area contributed by atoms with Gasteiger partial charge in [-0.2, -0.15) is 0 Å². The number of ether oxygens (including phenoxy) is 9. The first-order valence-electron chi connectivity index (χ1n) is 11.8.